The summed E-state index contributed by atoms with van der Waals surface area (Å²) in [5.41, 5.74) is 8.22. The highest BCUT2D eigenvalue weighted by Gasteiger charge is 2.18. The van der Waals surface area contributed by atoms with Gasteiger partial charge in [-0.3, -0.25) is 0 Å². The lowest BCUT2D eigenvalue weighted by atomic mass is 9.95. The van der Waals surface area contributed by atoms with Gasteiger partial charge in [0.2, 0.25) is 0 Å². The number of hydrogen-bond acceptors (Lipinski definition) is 1. The Morgan fingerprint density at radius 1 is 1.16 bits per heavy atom. The molecule has 0 saturated heterocycles. The predicted molar refractivity (Wildman–Crippen MR) is 76.3 cm³/mol. The monoisotopic (exact) mass is 345 g/mol. The maximum Gasteiger partial charge on any atom is 0.160 e. The van der Waals surface area contributed by atoms with Crippen molar-refractivity contribution >= 4 is 27.5 Å². The van der Waals surface area contributed by atoms with Crippen molar-refractivity contribution in [3.05, 3.63) is 68.2 Å². The van der Waals surface area contributed by atoms with Gasteiger partial charge in [-0.1, -0.05) is 39.7 Å². The largest absolute Gasteiger partial charge is 0.320 e. The Bertz CT molecular complexity index is 631. The topological polar surface area (TPSA) is 26.0 Å². The smallest absolute Gasteiger partial charge is 0.160 e. The predicted octanol–water partition coefficient (Wildman–Crippen LogP) is 4.74. The maximum atomic E-state index is 13.3. The van der Waals surface area contributed by atoms with Crippen LogP contribution in [0.5, 0.6) is 0 Å². The van der Waals surface area contributed by atoms with E-state index in [9.17, 15) is 8.78 Å². The molecular formula is C14H11BrClF2N. The van der Waals surface area contributed by atoms with E-state index in [0.717, 1.165) is 27.7 Å². The Labute approximate surface area is 123 Å². The average Bonchev–Trinajstić information content (AvgIpc) is 2.36. The molecule has 5 heteroatoms. The van der Waals surface area contributed by atoms with Gasteiger partial charge >= 0.3 is 0 Å². The van der Waals surface area contributed by atoms with E-state index in [1.807, 2.05) is 25.1 Å². The van der Waals surface area contributed by atoms with Crippen molar-refractivity contribution in [1.82, 2.24) is 0 Å². The molecule has 0 aliphatic rings. The summed E-state index contributed by atoms with van der Waals surface area (Å²) in [5, 5.41) is 0.116. The van der Waals surface area contributed by atoms with Crippen LogP contribution in [-0.2, 0) is 0 Å². The van der Waals surface area contributed by atoms with Crippen LogP contribution in [0, 0.1) is 18.6 Å². The van der Waals surface area contributed by atoms with Crippen molar-refractivity contribution in [2.75, 3.05) is 0 Å². The quantitative estimate of drug-likeness (QED) is 0.781. The second-order valence-electron chi connectivity index (χ2n) is 4.22. The van der Waals surface area contributed by atoms with Crippen LogP contribution < -0.4 is 5.73 Å². The SMILES string of the molecule is Cc1c(Br)cccc1C(N)c1cc(F)c(F)cc1Cl. The highest BCUT2D eigenvalue weighted by molar-refractivity contribution is 9.10. The number of halogens is 4. The summed E-state index contributed by atoms with van der Waals surface area (Å²) in [4.78, 5) is 0. The standard InChI is InChI=1S/C14H11BrClF2N/c1-7-8(3-2-4-10(7)15)14(19)9-5-12(17)13(18)6-11(9)16/h2-6,14H,19H2,1H3. The van der Waals surface area contributed by atoms with Crippen LogP contribution in [0.25, 0.3) is 0 Å². The van der Waals surface area contributed by atoms with E-state index in [1.165, 1.54) is 0 Å². The van der Waals surface area contributed by atoms with Gasteiger partial charge in [0.15, 0.2) is 11.6 Å². The number of rotatable bonds is 2. The molecule has 19 heavy (non-hydrogen) atoms. The van der Waals surface area contributed by atoms with Crippen LogP contribution in [-0.4, -0.2) is 0 Å². The first kappa shape index (κ1) is 14.4. The molecule has 0 aliphatic carbocycles. The number of hydrogen-bond donors (Lipinski definition) is 1. The summed E-state index contributed by atoms with van der Waals surface area (Å²) in [6.45, 7) is 1.90. The molecule has 2 aromatic rings. The minimum absolute atomic E-state index is 0.116. The molecule has 1 nitrogen and oxygen atoms in total. The van der Waals surface area contributed by atoms with Gasteiger partial charge in [-0.2, -0.15) is 0 Å². The van der Waals surface area contributed by atoms with Crippen LogP contribution in [0.2, 0.25) is 5.02 Å². The molecule has 0 bridgehead atoms. The van der Waals surface area contributed by atoms with Gasteiger partial charge in [0.1, 0.15) is 0 Å². The Morgan fingerprint density at radius 3 is 2.47 bits per heavy atom. The zero-order valence-corrected chi connectivity index (χ0v) is 12.4. The van der Waals surface area contributed by atoms with Crippen molar-refractivity contribution in [3.8, 4) is 0 Å². The van der Waals surface area contributed by atoms with Crippen molar-refractivity contribution in [1.29, 1.82) is 0 Å². The Kier molecular flexibility index (Phi) is 4.23. The fourth-order valence-electron chi connectivity index (χ4n) is 1.90. The van der Waals surface area contributed by atoms with E-state index in [-0.39, 0.29) is 5.02 Å². The summed E-state index contributed by atoms with van der Waals surface area (Å²) in [6.07, 6.45) is 0. The third-order valence-electron chi connectivity index (χ3n) is 3.02. The lowest BCUT2D eigenvalue weighted by molar-refractivity contribution is 0.506. The van der Waals surface area contributed by atoms with E-state index in [1.54, 1.807) is 0 Å². The van der Waals surface area contributed by atoms with Crippen molar-refractivity contribution in [2.24, 2.45) is 5.73 Å². The van der Waals surface area contributed by atoms with E-state index >= 15 is 0 Å². The van der Waals surface area contributed by atoms with Crippen LogP contribution in [0.1, 0.15) is 22.7 Å². The van der Waals surface area contributed by atoms with E-state index < -0.39 is 17.7 Å². The highest BCUT2D eigenvalue weighted by atomic mass is 79.9. The van der Waals surface area contributed by atoms with Crippen LogP contribution in [0.15, 0.2) is 34.8 Å². The van der Waals surface area contributed by atoms with Gasteiger partial charge in [0.05, 0.1) is 6.04 Å². The molecule has 1 unspecified atom stereocenters. The third kappa shape index (κ3) is 2.81. The van der Waals surface area contributed by atoms with Gasteiger partial charge in [-0.05, 0) is 41.8 Å². The first-order chi connectivity index (χ1) is 8.91. The summed E-state index contributed by atoms with van der Waals surface area (Å²) >= 11 is 9.35. The first-order valence-electron chi connectivity index (χ1n) is 5.57. The normalized spacial score (nSPS) is 12.5. The van der Waals surface area contributed by atoms with Gasteiger partial charge in [0, 0.05) is 9.50 Å². The molecule has 100 valence electrons. The molecule has 0 amide bonds. The third-order valence-corrected chi connectivity index (χ3v) is 4.21. The molecule has 0 fully saturated rings. The maximum absolute atomic E-state index is 13.3. The van der Waals surface area contributed by atoms with Crippen LogP contribution >= 0.6 is 27.5 Å². The first-order valence-corrected chi connectivity index (χ1v) is 6.74. The Morgan fingerprint density at radius 2 is 1.79 bits per heavy atom. The van der Waals surface area contributed by atoms with Crippen molar-refractivity contribution in [2.45, 2.75) is 13.0 Å². The van der Waals surface area contributed by atoms with Gasteiger partial charge < -0.3 is 5.73 Å². The number of nitrogens with two attached hydrogens (primary N) is 1. The molecule has 1 atom stereocenters. The molecule has 2 N–H and O–H groups in total. The van der Waals surface area contributed by atoms with E-state index in [0.29, 0.717) is 5.56 Å². The second-order valence-corrected chi connectivity index (χ2v) is 5.48. The molecule has 2 rings (SSSR count). The molecule has 0 spiro atoms. The Balaban J connectivity index is 2.53. The van der Waals surface area contributed by atoms with Crippen molar-refractivity contribution in [3.63, 3.8) is 0 Å². The van der Waals surface area contributed by atoms with Crippen LogP contribution in [0.4, 0.5) is 8.78 Å². The lowest BCUT2D eigenvalue weighted by Crippen LogP contribution is -2.14. The molecule has 0 aliphatic heterocycles. The number of benzene rings is 2. The zero-order chi connectivity index (χ0) is 14.2. The molecule has 0 saturated carbocycles. The minimum Gasteiger partial charge on any atom is -0.320 e. The summed E-state index contributed by atoms with van der Waals surface area (Å²) < 4.78 is 27.3. The summed E-state index contributed by atoms with van der Waals surface area (Å²) in [5.74, 6) is -1.94. The highest BCUT2D eigenvalue weighted by Crippen LogP contribution is 2.32. The summed E-state index contributed by atoms with van der Waals surface area (Å²) in [6, 6.07) is 6.93. The Hall–Kier alpha value is -0.970. The molecule has 0 radical (unpaired) electrons. The van der Waals surface area contributed by atoms with Crippen molar-refractivity contribution < 1.29 is 8.78 Å². The molecule has 0 heterocycles. The molecular weight excluding hydrogens is 336 g/mol. The molecule has 0 aromatic heterocycles. The fourth-order valence-corrected chi connectivity index (χ4v) is 2.55. The summed E-state index contributed by atoms with van der Waals surface area (Å²) in [7, 11) is 0. The van der Waals surface area contributed by atoms with Gasteiger partial charge in [0.25, 0.3) is 0 Å². The second kappa shape index (κ2) is 5.57. The zero-order valence-electron chi connectivity index (χ0n) is 10.1. The van der Waals surface area contributed by atoms with Gasteiger partial charge in [-0.25, -0.2) is 8.78 Å². The minimum atomic E-state index is -0.980. The molecule has 2 aromatic carbocycles. The van der Waals surface area contributed by atoms with E-state index in [2.05, 4.69) is 15.9 Å². The van der Waals surface area contributed by atoms with E-state index in [4.69, 9.17) is 17.3 Å². The van der Waals surface area contributed by atoms with Crippen LogP contribution in [0.3, 0.4) is 0 Å². The average molecular weight is 347 g/mol. The van der Waals surface area contributed by atoms with Gasteiger partial charge in [-0.15, -0.1) is 0 Å². The fraction of sp³-hybridized carbons (Fsp3) is 0.143. The lowest BCUT2D eigenvalue weighted by Gasteiger charge is -2.17.